The van der Waals surface area contributed by atoms with Gasteiger partial charge in [0.25, 0.3) is 0 Å². The molecule has 0 saturated heterocycles. The molecule has 6 heteroatoms. The van der Waals surface area contributed by atoms with E-state index in [9.17, 15) is 0 Å². The number of hydrogen-bond acceptors (Lipinski definition) is 5. The van der Waals surface area contributed by atoms with E-state index in [4.69, 9.17) is 16.3 Å². The third-order valence-electron chi connectivity index (χ3n) is 3.04. The van der Waals surface area contributed by atoms with Crippen molar-refractivity contribution in [3.05, 3.63) is 45.4 Å². The summed E-state index contributed by atoms with van der Waals surface area (Å²) in [5.74, 6) is 0. The fourth-order valence-electron chi connectivity index (χ4n) is 2.01. The zero-order valence-electron chi connectivity index (χ0n) is 12.5. The predicted octanol–water partition coefficient (Wildman–Crippen LogP) is 3.30. The lowest BCUT2D eigenvalue weighted by Gasteiger charge is -2.15. The summed E-state index contributed by atoms with van der Waals surface area (Å²) in [6.07, 6.45) is 0. The van der Waals surface area contributed by atoms with Crippen LogP contribution in [0.4, 0.5) is 5.13 Å². The van der Waals surface area contributed by atoms with Crippen molar-refractivity contribution in [3.63, 3.8) is 0 Å². The molecule has 0 amide bonds. The molecule has 0 aliphatic rings. The molecule has 4 nitrogen and oxygen atoms in total. The van der Waals surface area contributed by atoms with Gasteiger partial charge in [0.15, 0.2) is 5.13 Å². The second-order valence-electron chi connectivity index (χ2n) is 4.81. The van der Waals surface area contributed by atoms with Gasteiger partial charge >= 0.3 is 0 Å². The van der Waals surface area contributed by atoms with Crippen molar-refractivity contribution in [1.29, 1.82) is 0 Å². The standard InChI is InChI=1S/C15H20ClN3OS/c1-17-8-14-13(10-20-3)18-15(21-14)19(2)9-11-4-6-12(16)7-5-11/h4-7,17H,8-10H2,1-3H3. The molecule has 0 spiro atoms. The van der Waals surface area contributed by atoms with Crippen molar-refractivity contribution in [2.75, 3.05) is 26.1 Å². The number of rotatable bonds is 7. The number of anilines is 1. The Hall–Kier alpha value is -1.14. The Morgan fingerprint density at radius 1 is 1.33 bits per heavy atom. The minimum Gasteiger partial charge on any atom is -0.378 e. The van der Waals surface area contributed by atoms with E-state index in [-0.39, 0.29) is 0 Å². The van der Waals surface area contributed by atoms with E-state index in [2.05, 4.69) is 15.2 Å². The number of nitrogens with one attached hydrogen (secondary N) is 1. The average molecular weight is 326 g/mol. The lowest BCUT2D eigenvalue weighted by molar-refractivity contribution is 0.181. The first-order chi connectivity index (χ1) is 10.1. The van der Waals surface area contributed by atoms with E-state index < -0.39 is 0 Å². The van der Waals surface area contributed by atoms with Gasteiger partial charge in [-0.2, -0.15) is 0 Å². The van der Waals surface area contributed by atoms with E-state index in [1.165, 1.54) is 10.4 Å². The highest BCUT2D eigenvalue weighted by molar-refractivity contribution is 7.15. The number of aromatic nitrogens is 1. The van der Waals surface area contributed by atoms with Gasteiger partial charge in [0.2, 0.25) is 0 Å². The lowest BCUT2D eigenvalue weighted by atomic mass is 10.2. The summed E-state index contributed by atoms with van der Waals surface area (Å²) in [6.45, 7) is 2.16. The van der Waals surface area contributed by atoms with Crippen molar-refractivity contribution in [2.45, 2.75) is 19.7 Å². The third kappa shape index (κ3) is 4.41. The number of hydrogen-bond donors (Lipinski definition) is 1. The normalized spacial score (nSPS) is 10.9. The molecule has 0 aliphatic heterocycles. The monoisotopic (exact) mass is 325 g/mol. The largest absolute Gasteiger partial charge is 0.378 e. The molecule has 1 N–H and O–H groups in total. The summed E-state index contributed by atoms with van der Waals surface area (Å²) >= 11 is 7.61. The number of thiazole rings is 1. The first kappa shape index (κ1) is 16.2. The second-order valence-corrected chi connectivity index (χ2v) is 6.31. The fraction of sp³-hybridized carbons (Fsp3) is 0.400. The van der Waals surface area contributed by atoms with Crippen LogP contribution >= 0.6 is 22.9 Å². The highest BCUT2D eigenvalue weighted by atomic mass is 35.5. The molecule has 0 bridgehead atoms. The average Bonchev–Trinajstić information content (AvgIpc) is 2.86. The molecule has 1 heterocycles. The van der Waals surface area contributed by atoms with Gasteiger partial charge in [-0.25, -0.2) is 4.98 Å². The number of ether oxygens (including phenoxy) is 1. The maximum atomic E-state index is 5.91. The van der Waals surface area contributed by atoms with Crippen LogP contribution in [0.25, 0.3) is 0 Å². The number of methoxy groups -OCH3 is 1. The minimum atomic E-state index is 0.544. The van der Waals surface area contributed by atoms with Gasteiger partial charge in [-0.1, -0.05) is 23.7 Å². The summed E-state index contributed by atoms with van der Waals surface area (Å²) in [5, 5.41) is 4.93. The van der Waals surface area contributed by atoms with Gasteiger partial charge in [0, 0.05) is 37.1 Å². The Morgan fingerprint density at radius 2 is 2.05 bits per heavy atom. The minimum absolute atomic E-state index is 0.544. The maximum absolute atomic E-state index is 5.91. The Labute approximate surface area is 134 Å². The van der Waals surface area contributed by atoms with Crippen molar-refractivity contribution in [3.8, 4) is 0 Å². The summed E-state index contributed by atoms with van der Waals surface area (Å²) in [4.78, 5) is 8.05. The molecule has 0 saturated carbocycles. The SMILES string of the molecule is CNCc1sc(N(C)Cc2ccc(Cl)cc2)nc1COC. The molecule has 0 unspecified atom stereocenters. The summed E-state index contributed by atoms with van der Waals surface area (Å²) in [5.41, 5.74) is 2.22. The topological polar surface area (TPSA) is 37.4 Å². The molecule has 0 atom stereocenters. The first-order valence-electron chi connectivity index (χ1n) is 6.71. The van der Waals surface area contributed by atoms with E-state index in [0.717, 1.165) is 28.9 Å². The highest BCUT2D eigenvalue weighted by Crippen LogP contribution is 2.27. The Morgan fingerprint density at radius 3 is 2.67 bits per heavy atom. The molecule has 0 radical (unpaired) electrons. The molecule has 1 aromatic carbocycles. The smallest absolute Gasteiger partial charge is 0.185 e. The first-order valence-corrected chi connectivity index (χ1v) is 7.91. The van der Waals surface area contributed by atoms with Crippen LogP contribution in [0, 0.1) is 0 Å². The molecule has 21 heavy (non-hydrogen) atoms. The Balaban J connectivity index is 2.12. The van der Waals surface area contributed by atoms with Crippen LogP contribution in [0.2, 0.25) is 5.02 Å². The summed E-state index contributed by atoms with van der Waals surface area (Å²) in [6, 6.07) is 7.90. The van der Waals surface area contributed by atoms with Crippen LogP contribution in [0.3, 0.4) is 0 Å². The molecule has 2 aromatic rings. The number of halogens is 1. The van der Waals surface area contributed by atoms with Crippen LogP contribution in [0.5, 0.6) is 0 Å². The highest BCUT2D eigenvalue weighted by Gasteiger charge is 2.13. The van der Waals surface area contributed by atoms with E-state index in [1.54, 1.807) is 18.4 Å². The van der Waals surface area contributed by atoms with Crippen molar-refractivity contribution < 1.29 is 4.74 Å². The van der Waals surface area contributed by atoms with Crippen LogP contribution in [-0.2, 0) is 24.4 Å². The zero-order chi connectivity index (χ0) is 15.2. The van der Waals surface area contributed by atoms with Crippen LogP contribution in [0.1, 0.15) is 16.1 Å². The molecule has 2 rings (SSSR count). The molecular formula is C15H20ClN3OS. The van der Waals surface area contributed by atoms with Crippen LogP contribution in [-0.4, -0.2) is 26.2 Å². The Bertz CT molecular complexity index is 547. The predicted molar refractivity (Wildman–Crippen MR) is 89.1 cm³/mol. The van der Waals surface area contributed by atoms with E-state index >= 15 is 0 Å². The summed E-state index contributed by atoms with van der Waals surface area (Å²) in [7, 11) is 5.68. The molecule has 0 fully saturated rings. The fourth-order valence-corrected chi connectivity index (χ4v) is 3.17. The van der Waals surface area contributed by atoms with E-state index in [1.807, 2.05) is 38.4 Å². The maximum Gasteiger partial charge on any atom is 0.185 e. The molecule has 1 aromatic heterocycles. The second kappa shape index (κ2) is 7.75. The lowest BCUT2D eigenvalue weighted by Crippen LogP contribution is -2.16. The van der Waals surface area contributed by atoms with Gasteiger partial charge < -0.3 is 15.0 Å². The molecule has 0 aliphatic carbocycles. The van der Waals surface area contributed by atoms with Crippen molar-refractivity contribution in [2.24, 2.45) is 0 Å². The van der Waals surface area contributed by atoms with Crippen molar-refractivity contribution in [1.82, 2.24) is 10.3 Å². The van der Waals surface area contributed by atoms with Gasteiger partial charge in [-0.15, -0.1) is 11.3 Å². The summed E-state index contributed by atoms with van der Waals surface area (Å²) < 4.78 is 5.22. The van der Waals surface area contributed by atoms with Gasteiger partial charge in [0.1, 0.15) is 0 Å². The quantitative estimate of drug-likeness (QED) is 0.847. The van der Waals surface area contributed by atoms with Gasteiger partial charge in [0.05, 0.1) is 12.3 Å². The molecular weight excluding hydrogens is 306 g/mol. The van der Waals surface area contributed by atoms with Gasteiger partial charge in [-0.05, 0) is 24.7 Å². The van der Waals surface area contributed by atoms with Crippen LogP contribution in [0.15, 0.2) is 24.3 Å². The Kier molecular flexibility index (Phi) is 5.99. The van der Waals surface area contributed by atoms with Gasteiger partial charge in [-0.3, -0.25) is 0 Å². The zero-order valence-corrected chi connectivity index (χ0v) is 14.1. The number of nitrogens with zero attached hydrogens (tertiary/aromatic N) is 2. The molecule has 114 valence electrons. The third-order valence-corrected chi connectivity index (χ3v) is 4.51. The van der Waals surface area contributed by atoms with Crippen molar-refractivity contribution >= 4 is 28.1 Å². The van der Waals surface area contributed by atoms with E-state index in [0.29, 0.717) is 6.61 Å². The number of benzene rings is 1. The van der Waals surface area contributed by atoms with Crippen LogP contribution < -0.4 is 10.2 Å².